The maximum Gasteiger partial charge on any atom is 0.188 e. The number of hydrogen-bond donors (Lipinski definition) is 1. The van der Waals surface area contributed by atoms with Crippen molar-refractivity contribution in [3.05, 3.63) is 70.4 Å². The molecule has 0 spiro atoms. The molecule has 0 bridgehead atoms. The van der Waals surface area contributed by atoms with Crippen LogP contribution in [0.3, 0.4) is 0 Å². The van der Waals surface area contributed by atoms with Gasteiger partial charge in [-0.1, -0.05) is 30.7 Å². The van der Waals surface area contributed by atoms with Gasteiger partial charge in [-0.3, -0.25) is 0 Å². The van der Waals surface area contributed by atoms with Gasteiger partial charge < -0.3 is 9.88 Å². The predicted octanol–water partition coefficient (Wildman–Crippen LogP) is 5.87. The molecule has 10 heteroatoms. The molecule has 3 aromatic heterocycles. The quantitative estimate of drug-likeness (QED) is 0.325. The van der Waals surface area contributed by atoms with Crippen LogP contribution in [0.5, 0.6) is 0 Å². The summed E-state index contributed by atoms with van der Waals surface area (Å²) in [6.07, 6.45) is 3.53. The van der Waals surface area contributed by atoms with Gasteiger partial charge in [-0.15, -0.1) is 0 Å². The number of benzene rings is 1. The van der Waals surface area contributed by atoms with E-state index in [-0.39, 0.29) is 17.3 Å². The molecule has 4 aromatic rings. The van der Waals surface area contributed by atoms with Crippen molar-refractivity contribution in [1.29, 1.82) is 5.26 Å². The molecule has 7 nitrogen and oxygen atoms in total. The van der Waals surface area contributed by atoms with E-state index in [9.17, 15) is 9.83 Å². The van der Waals surface area contributed by atoms with E-state index in [2.05, 4.69) is 31.3 Å². The Balaban J connectivity index is 1.84. The topological polar surface area (TPSA) is 104 Å². The van der Waals surface area contributed by atoms with Gasteiger partial charge in [-0.25, -0.2) is 24.3 Å². The van der Waals surface area contributed by atoms with Crippen molar-refractivity contribution in [3.8, 4) is 17.3 Å². The SMILES string of the molecule is CCC(Nc1c(Cl)c(C)nc2cc(F)c(-c3cnc(P(C)(C)=O)nc3)nc12)c1cccc(C#N)c1. The molecule has 0 saturated heterocycles. The average molecular weight is 509 g/mol. The zero-order chi connectivity index (χ0) is 25.3. The second kappa shape index (κ2) is 9.69. The smallest absolute Gasteiger partial charge is 0.188 e. The van der Waals surface area contributed by atoms with Crippen LogP contribution in [0, 0.1) is 24.1 Å². The Kier molecular flexibility index (Phi) is 6.84. The summed E-state index contributed by atoms with van der Waals surface area (Å²) in [6, 6.07) is 10.6. The summed E-state index contributed by atoms with van der Waals surface area (Å²) >= 11 is 6.66. The monoisotopic (exact) mass is 508 g/mol. The van der Waals surface area contributed by atoms with Gasteiger partial charge in [0.2, 0.25) is 0 Å². The first-order valence-electron chi connectivity index (χ1n) is 10.9. The Labute approximate surface area is 207 Å². The highest BCUT2D eigenvalue weighted by Crippen LogP contribution is 2.37. The Morgan fingerprint density at radius 2 is 1.91 bits per heavy atom. The predicted molar refractivity (Wildman–Crippen MR) is 137 cm³/mol. The van der Waals surface area contributed by atoms with Crippen LogP contribution in [-0.4, -0.2) is 33.3 Å². The maximum atomic E-state index is 15.1. The van der Waals surface area contributed by atoms with Crippen molar-refractivity contribution < 1.29 is 8.96 Å². The molecule has 35 heavy (non-hydrogen) atoms. The lowest BCUT2D eigenvalue weighted by atomic mass is 10.0. The number of pyridine rings is 2. The van der Waals surface area contributed by atoms with Crippen LogP contribution in [0.25, 0.3) is 22.3 Å². The fourth-order valence-corrected chi connectivity index (χ4v) is 4.60. The summed E-state index contributed by atoms with van der Waals surface area (Å²) in [5, 5.41) is 13.1. The number of hydrogen-bond acceptors (Lipinski definition) is 7. The van der Waals surface area contributed by atoms with E-state index in [4.69, 9.17) is 11.6 Å². The number of halogens is 2. The Morgan fingerprint density at radius 3 is 2.54 bits per heavy atom. The standard InChI is InChI=1S/C25H23ClFN6OP/c1-5-19(16-8-6-7-15(9-16)11-28)32-24-21(26)14(2)31-20-10-18(27)22(33-23(20)24)17-12-29-25(30-13-17)35(3,4)34/h6-10,12-13,19H,5H2,1-4H3,(H,31,32). The van der Waals surface area contributed by atoms with E-state index in [1.165, 1.54) is 18.5 Å². The number of fused-ring (bicyclic) bond motifs is 1. The van der Waals surface area contributed by atoms with E-state index in [1.807, 2.05) is 25.1 Å². The van der Waals surface area contributed by atoms with E-state index < -0.39 is 13.0 Å². The highest BCUT2D eigenvalue weighted by atomic mass is 35.5. The molecule has 4 rings (SSSR count). The lowest BCUT2D eigenvalue weighted by Gasteiger charge is -2.22. The van der Waals surface area contributed by atoms with Gasteiger partial charge in [0.05, 0.1) is 39.6 Å². The van der Waals surface area contributed by atoms with Crippen molar-refractivity contribution in [3.63, 3.8) is 0 Å². The first kappa shape index (κ1) is 24.7. The zero-order valence-corrected chi connectivity index (χ0v) is 21.3. The minimum atomic E-state index is -2.65. The minimum absolute atomic E-state index is 0.0374. The fourth-order valence-electron chi connectivity index (χ4n) is 3.74. The van der Waals surface area contributed by atoms with E-state index in [0.717, 1.165) is 5.56 Å². The highest BCUT2D eigenvalue weighted by molar-refractivity contribution is 7.69. The summed E-state index contributed by atoms with van der Waals surface area (Å²) in [5.74, 6) is -0.584. The summed E-state index contributed by atoms with van der Waals surface area (Å²) in [5.41, 5.74) is 3.87. The van der Waals surface area contributed by atoms with Crippen LogP contribution in [0.2, 0.25) is 5.02 Å². The molecule has 1 N–H and O–H groups in total. The summed E-state index contributed by atoms with van der Waals surface area (Å²) < 4.78 is 27.3. The third-order valence-electron chi connectivity index (χ3n) is 5.56. The van der Waals surface area contributed by atoms with Gasteiger partial charge in [0, 0.05) is 24.0 Å². The van der Waals surface area contributed by atoms with Crippen LogP contribution < -0.4 is 10.9 Å². The number of aryl methyl sites for hydroxylation is 1. The van der Waals surface area contributed by atoms with Crippen molar-refractivity contribution in [1.82, 2.24) is 19.9 Å². The summed E-state index contributed by atoms with van der Waals surface area (Å²) in [4.78, 5) is 17.3. The van der Waals surface area contributed by atoms with E-state index in [1.54, 1.807) is 26.3 Å². The highest BCUT2D eigenvalue weighted by Gasteiger charge is 2.21. The van der Waals surface area contributed by atoms with Crippen LogP contribution in [0.4, 0.5) is 10.1 Å². The van der Waals surface area contributed by atoms with Crippen molar-refractivity contribution in [2.75, 3.05) is 18.6 Å². The Hall–Kier alpha value is -3.40. The number of nitrogens with one attached hydrogen (secondary N) is 1. The van der Waals surface area contributed by atoms with Gasteiger partial charge in [-0.05, 0) is 44.4 Å². The molecular weight excluding hydrogens is 486 g/mol. The first-order chi connectivity index (χ1) is 16.6. The van der Waals surface area contributed by atoms with Gasteiger partial charge >= 0.3 is 0 Å². The molecule has 0 aliphatic carbocycles. The summed E-state index contributed by atoms with van der Waals surface area (Å²) in [7, 11) is -2.65. The molecule has 0 saturated carbocycles. The molecule has 0 aliphatic rings. The van der Waals surface area contributed by atoms with Crippen molar-refractivity contribution >= 4 is 41.0 Å². The second-order valence-electron chi connectivity index (χ2n) is 8.54. The fraction of sp³-hybridized carbons (Fsp3) is 0.240. The number of nitrogens with zero attached hydrogens (tertiary/aromatic N) is 5. The average Bonchev–Trinajstić information content (AvgIpc) is 2.84. The third-order valence-corrected chi connectivity index (χ3v) is 7.21. The third kappa shape index (κ3) is 5.02. The largest absolute Gasteiger partial charge is 0.375 e. The molecule has 0 radical (unpaired) electrons. The van der Waals surface area contributed by atoms with Crippen LogP contribution in [-0.2, 0) is 4.57 Å². The maximum absolute atomic E-state index is 15.1. The van der Waals surface area contributed by atoms with Gasteiger partial charge in [0.15, 0.2) is 11.4 Å². The second-order valence-corrected chi connectivity index (χ2v) is 12.0. The normalized spacial score (nSPS) is 12.4. The number of nitriles is 1. The molecule has 1 unspecified atom stereocenters. The first-order valence-corrected chi connectivity index (χ1v) is 13.9. The number of anilines is 1. The van der Waals surface area contributed by atoms with Gasteiger partial charge in [0.1, 0.15) is 18.4 Å². The van der Waals surface area contributed by atoms with Crippen molar-refractivity contribution in [2.24, 2.45) is 0 Å². The van der Waals surface area contributed by atoms with Crippen LogP contribution >= 0.6 is 18.7 Å². The van der Waals surface area contributed by atoms with Gasteiger partial charge in [0.25, 0.3) is 0 Å². The Morgan fingerprint density at radius 1 is 1.20 bits per heavy atom. The number of aromatic nitrogens is 4. The molecular formula is C25H23ClFN6OP. The van der Waals surface area contributed by atoms with Gasteiger partial charge in [-0.2, -0.15) is 5.26 Å². The van der Waals surface area contributed by atoms with E-state index in [0.29, 0.717) is 45.0 Å². The van der Waals surface area contributed by atoms with Crippen LogP contribution in [0.15, 0.2) is 42.7 Å². The lowest BCUT2D eigenvalue weighted by Crippen LogP contribution is -2.13. The Bertz CT molecular complexity index is 1510. The van der Waals surface area contributed by atoms with Crippen LogP contribution in [0.1, 0.15) is 36.2 Å². The molecule has 1 atom stereocenters. The molecule has 0 amide bonds. The summed E-state index contributed by atoms with van der Waals surface area (Å²) in [6.45, 7) is 6.90. The molecule has 0 aliphatic heterocycles. The molecule has 0 fully saturated rings. The molecule has 1 aromatic carbocycles. The van der Waals surface area contributed by atoms with E-state index >= 15 is 4.39 Å². The lowest BCUT2D eigenvalue weighted by molar-refractivity contribution is 0.587. The molecule has 178 valence electrons. The van der Waals surface area contributed by atoms with Crippen molar-refractivity contribution in [2.45, 2.75) is 26.3 Å². The number of rotatable bonds is 6. The molecule has 3 heterocycles. The minimum Gasteiger partial charge on any atom is -0.375 e. The zero-order valence-electron chi connectivity index (χ0n) is 19.7.